The summed E-state index contributed by atoms with van der Waals surface area (Å²) in [4.78, 5) is 12.0. The first-order chi connectivity index (χ1) is 10.0. The molecule has 0 bridgehead atoms. The Bertz CT molecular complexity index is 619. The number of amides is 1. The van der Waals surface area contributed by atoms with Crippen LogP contribution in [0.25, 0.3) is 0 Å². The van der Waals surface area contributed by atoms with Gasteiger partial charge in [-0.25, -0.2) is 0 Å². The molecule has 0 radical (unpaired) electrons. The Hall–Kier alpha value is -1.63. The molecule has 0 spiro atoms. The first kappa shape index (κ1) is 15.8. The number of aryl methyl sites for hydroxylation is 2. The van der Waals surface area contributed by atoms with E-state index >= 15 is 0 Å². The van der Waals surface area contributed by atoms with E-state index in [-0.39, 0.29) is 11.9 Å². The molecule has 2 rings (SSSR count). The van der Waals surface area contributed by atoms with Crippen molar-refractivity contribution in [2.45, 2.75) is 46.3 Å². The molecule has 0 saturated carbocycles. The molecule has 2 aromatic heterocycles. The van der Waals surface area contributed by atoms with E-state index in [1.54, 1.807) is 6.20 Å². The lowest BCUT2D eigenvalue weighted by atomic mass is 10.2. The smallest absolute Gasteiger partial charge is 0.222 e. The summed E-state index contributed by atoms with van der Waals surface area (Å²) in [5.74, 6) is -0.000397. The van der Waals surface area contributed by atoms with E-state index in [9.17, 15) is 4.79 Å². The predicted molar refractivity (Wildman–Crippen MR) is 83.7 cm³/mol. The summed E-state index contributed by atoms with van der Waals surface area (Å²) in [5.41, 5.74) is 1.90. The van der Waals surface area contributed by atoms with Crippen LogP contribution in [0.3, 0.4) is 0 Å². The molecule has 0 aromatic carbocycles. The fourth-order valence-corrected chi connectivity index (χ4v) is 2.32. The number of nitrogens with zero attached hydrogens (tertiary/aromatic N) is 4. The number of aromatic nitrogens is 4. The third-order valence-electron chi connectivity index (χ3n) is 3.40. The molecule has 1 amide bonds. The molecular weight excluding hydrogens is 334 g/mol. The summed E-state index contributed by atoms with van der Waals surface area (Å²) >= 11 is 3.41. The van der Waals surface area contributed by atoms with Gasteiger partial charge in [0.25, 0.3) is 0 Å². The first-order valence-corrected chi connectivity index (χ1v) is 7.81. The summed E-state index contributed by atoms with van der Waals surface area (Å²) in [5, 5.41) is 11.6. The zero-order valence-corrected chi connectivity index (χ0v) is 14.1. The van der Waals surface area contributed by atoms with Crippen molar-refractivity contribution < 1.29 is 4.79 Å². The maximum atomic E-state index is 12.0. The zero-order chi connectivity index (χ0) is 15.4. The normalized spacial score (nSPS) is 12.4. The molecule has 0 aliphatic carbocycles. The van der Waals surface area contributed by atoms with Gasteiger partial charge < -0.3 is 5.32 Å². The Balaban J connectivity index is 1.85. The van der Waals surface area contributed by atoms with Gasteiger partial charge in [-0.2, -0.15) is 10.2 Å². The average Bonchev–Trinajstić information content (AvgIpc) is 3.06. The van der Waals surface area contributed by atoms with Gasteiger partial charge in [0.05, 0.1) is 22.4 Å². The van der Waals surface area contributed by atoms with Crippen molar-refractivity contribution in [2.75, 3.05) is 0 Å². The van der Waals surface area contributed by atoms with Crippen molar-refractivity contribution >= 4 is 21.8 Å². The lowest BCUT2D eigenvalue weighted by molar-refractivity contribution is -0.122. The molecule has 114 valence electrons. The number of nitrogens with one attached hydrogen (secondary N) is 1. The largest absolute Gasteiger partial charge is 0.348 e. The summed E-state index contributed by atoms with van der Waals surface area (Å²) in [6, 6.07) is 1.85. The minimum atomic E-state index is -0.0873. The van der Waals surface area contributed by atoms with Crippen molar-refractivity contribution in [3.8, 4) is 0 Å². The average molecular weight is 354 g/mol. The summed E-state index contributed by atoms with van der Waals surface area (Å²) in [6.07, 6.45) is 4.06. The van der Waals surface area contributed by atoms with Crippen LogP contribution in [0.1, 0.15) is 37.7 Å². The monoisotopic (exact) mass is 353 g/mol. The number of hydrogen-bond acceptors (Lipinski definition) is 3. The number of carbonyl (C=O) groups excluding carboxylic acids is 1. The molecule has 0 aliphatic rings. The van der Waals surface area contributed by atoms with Gasteiger partial charge in [0.15, 0.2) is 0 Å². The van der Waals surface area contributed by atoms with E-state index in [4.69, 9.17) is 0 Å². The third-order valence-corrected chi connectivity index (χ3v) is 4.18. The summed E-state index contributed by atoms with van der Waals surface area (Å²) in [7, 11) is 0. The van der Waals surface area contributed by atoms with E-state index in [1.165, 1.54) is 0 Å². The zero-order valence-electron chi connectivity index (χ0n) is 12.5. The van der Waals surface area contributed by atoms with Crippen LogP contribution < -0.4 is 5.32 Å². The van der Waals surface area contributed by atoms with Gasteiger partial charge in [0.2, 0.25) is 5.91 Å². The first-order valence-electron chi connectivity index (χ1n) is 7.02. The lowest BCUT2D eigenvalue weighted by Crippen LogP contribution is -2.28. The fourth-order valence-electron chi connectivity index (χ4n) is 2.03. The van der Waals surface area contributed by atoms with Crippen molar-refractivity contribution in [3.05, 3.63) is 34.3 Å². The van der Waals surface area contributed by atoms with Gasteiger partial charge in [0, 0.05) is 31.4 Å². The maximum absolute atomic E-state index is 12.0. The van der Waals surface area contributed by atoms with Gasteiger partial charge in [-0.15, -0.1) is 0 Å². The molecule has 1 unspecified atom stereocenters. The Morgan fingerprint density at radius 2 is 2.29 bits per heavy atom. The van der Waals surface area contributed by atoms with Crippen molar-refractivity contribution in [1.29, 1.82) is 0 Å². The molecule has 2 heterocycles. The number of rotatable bonds is 6. The lowest BCUT2D eigenvalue weighted by Gasteiger charge is -2.12. The van der Waals surface area contributed by atoms with Gasteiger partial charge in [-0.05, 0) is 42.8 Å². The van der Waals surface area contributed by atoms with E-state index in [0.717, 1.165) is 22.4 Å². The summed E-state index contributed by atoms with van der Waals surface area (Å²) < 4.78 is 4.63. The van der Waals surface area contributed by atoms with Crippen LogP contribution in [0, 0.1) is 6.92 Å². The Morgan fingerprint density at radius 1 is 1.52 bits per heavy atom. The van der Waals surface area contributed by atoms with Crippen molar-refractivity contribution in [3.63, 3.8) is 0 Å². The van der Waals surface area contributed by atoms with Gasteiger partial charge in [-0.1, -0.05) is 0 Å². The van der Waals surface area contributed by atoms with Crippen LogP contribution >= 0.6 is 15.9 Å². The van der Waals surface area contributed by atoms with Crippen LogP contribution in [0.5, 0.6) is 0 Å². The predicted octanol–water partition coefficient (Wildman–Crippen LogP) is 2.44. The molecule has 21 heavy (non-hydrogen) atoms. The third kappa shape index (κ3) is 3.93. The highest BCUT2D eigenvalue weighted by molar-refractivity contribution is 9.10. The molecule has 2 aromatic rings. The van der Waals surface area contributed by atoms with Gasteiger partial charge in [-0.3, -0.25) is 14.2 Å². The van der Waals surface area contributed by atoms with Crippen molar-refractivity contribution in [1.82, 2.24) is 24.9 Å². The molecule has 0 saturated heterocycles. The Kier molecular flexibility index (Phi) is 5.17. The van der Waals surface area contributed by atoms with E-state index in [0.29, 0.717) is 13.0 Å². The molecule has 0 fully saturated rings. The van der Waals surface area contributed by atoms with E-state index < -0.39 is 0 Å². The molecular formula is C14H20BrN5O. The van der Waals surface area contributed by atoms with E-state index in [2.05, 4.69) is 31.4 Å². The van der Waals surface area contributed by atoms with Crippen LogP contribution in [-0.2, 0) is 17.9 Å². The SMILES string of the molecule is CCn1ccc(C(C)NC(=O)CCn2ncc(Br)c2C)n1. The fraction of sp³-hybridized carbons (Fsp3) is 0.500. The highest BCUT2D eigenvalue weighted by Gasteiger charge is 2.13. The summed E-state index contributed by atoms with van der Waals surface area (Å²) in [6.45, 7) is 7.34. The number of carbonyl (C=O) groups is 1. The minimum absolute atomic E-state index is 0.000397. The molecule has 0 aliphatic heterocycles. The number of hydrogen-bond donors (Lipinski definition) is 1. The second-order valence-corrected chi connectivity index (χ2v) is 5.79. The van der Waals surface area contributed by atoms with Gasteiger partial charge in [0.1, 0.15) is 0 Å². The highest BCUT2D eigenvalue weighted by Crippen LogP contribution is 2.14. The standard InChI is InChI=1S/C14H20BrN5O/c1-4-19-7-5-13(18-19)10(2)17-14(21)6-8-20-11(3)12(15)9-16-20/h5,7,9-10H,4,6,8H2,1-3H3,(H,17,21). The Labute approximate surface area is 132 Å². The van der Waals surface area contributed by atoms with Crippen LogP contribution in [0.4, 0.5) is 0 Å². The quantitative estimate of drug-likeness (QED) is 0.867. The maximum Gasteiger partial charge on any atom is 0.222 e. The molecule has 7 heteroatoms. The van der Waals surface area contributed by atoms with Gasteiger partial charge >= 0.3 is 0 Å². The van der Waals surface area contributed by atoms with Crippen LogP contribution in [0.15, 0.2) is 22.9 Å². The second-order valence-electron chi connectivity index (χ2n) is 4.94. The number of halogens is 1. The van der Waals surface area contributed by atoms with E-state index in [1.807, 2.05) is 42.4 Å². The Morgan fingerprint density at radius 3 is 2.86 bits per heavy atom. The highest BCUT2D eigenvalue weighted by atomic mass is 79.9. The molecule has 1 atom stereocenters. The van der Waals surface area contributed by atoms with Crippen molar-refractivity contribution in [2.24, 2.45) is 0 Å². The van der Waals surface area contributed by atoms with Crippen LogP contribution in [0.2, 0.25) is 0 Å². The van der Waals surface area contributed by atoms with Crippen LogP contribution in [-0.4, -0.2) is 25.5 Å². The minimum Gasteiger partial charge on any atom is -0.348 e. The second kappa shape index (κ2) is 6.89. The molecule has 1 N–H and O–H groups in total. The topological polar surface area (TPSA) is 64.7 Å². The molecule has 6 nitrogen and oxygen atoms in total.